The molecule has 1 heterocycles. The molecular weight excluding hydrogens is 182 g/mol. The Bertz CT molecular complexity index is 192. The molecule has 2 fully saturated rings. The summed E-state index contributed by atoms with van der Waals surface area (Å²) in [6, 6.07) is 0. The Morgan fingerprint density at radius 1 is 1.14 bits per heavy atom. The van der Waals surface area contributed by atoms with Crippen LogP contribution in [0.5, 0.6) is 0 Å². The summed E-state index contributed by atoms with van der Waals surface area (Å²) in [5.74, 6) is 0. The molecule has 1 aliphatic carbocycles. The maximum Gasteiger partial charge on any atom is 0.113 e. The first-order valence-corrected chi connectivity index (χ1v) is 5.42. The van der Waals surface area contributed by atoms with E-state index in [0.29, 0.717) is 26.4 Å². The number of ether oxygens (including phenoxy) is 2. The maximum atomic E-state index is 10.0. The predicted octanol–water partition coefficient (Wildman–Crippen LogP) is -0.681. The molecule has 4 heteroatoms. The molecule has 4 nitrogen and oxygen atoms in total. The van der Waals surface area contributed by atoms with Crippen LogP contribution in [-0.4, -0.2) is 42.7 Å². The fraction of sp³-hybridized carbons (Fsp3) is 1.00. The Morgan fingerprint density at radius 2 is 1.86 bits per heavy atom. The molecular formula is C10H20NO3+. The van der Waals surface area contributed by atoms with E-state index in [2.05, 4.69) is 5.73 Å². The van der Waals surface area contributed by atoms with E-state index >= 15 is 0 Å². The van der Waals surface area contributed by atoms with Crippen LogP contribution in [0.15, 0.2) is 0 Å². The molecule has 0 unspecified atom stereocenters. The summed E-state index contributed by atoms with van der Waals surface area (Å²) in [5.41, 5.74) is 3.15. The van der Waals surface area contributed by atoms with Crippen molar-refractivity contribution in [3.8, 4) is 0 Å². The molecule has 1 saturated heterocycles. The van der Waals surface area contributed by atoms with Crippen LogP contribution in [0, 0.1) is 0 Å². The topological polar surface area (TPSA) is 66.3 Å². The quantitative estimate of drug-likeness (QED) is 0.592. The minimum Gasteiger partial charge on any atom is -0.384 e. The van der Waals surface area contributed by atoms with E-state index in [1.165, 1.54) is 0 Å². The van der Waals surface area contributed by atoms with Gasteiger partial charge in [0.25, 0.3) is 0 Å². The molecule has 0 amide bonds. The maximum absolute atomic E-state index is 10.0. The summed E-state index contributed by atoms with van der Waals surface area (Å²) in [6.07, 6.45) is 3.39. The van der Waals surface area contributed by atoms with Gasteiger partial charge in [0, 0.05) is 0 Å². The van der Waals surface area contributed by atoms with E-state index in [1.54, 1.807) is 0 Å². The zero-order valence-electron chi connectivity index (χ0n) is 8.63. The molecule has 14 heavy (non-hydrogen) atoms. The summed E-state index contributed by atoms with van der Waals surface area (Å²) in [4.78, 5) is 0. The van der Waals surface area contributed by atoms with Gasteiger partial charge in [-0.1, -0.05) is 0 Å². The van der Waals surface area contributed by atoms with Crippen molar-refractivity contribution in [2.24, 2.45) is 0 Å². The van der Waals surface area contributed by atoms with Gasteiger partial charge in [-0.05, 0) is 25.7 Å². The van der Waals surface area contributed by atoms with Crippen molar-refractivity contribution in [1.82, 2.24) is 0 Å². The van der Waals surface area contributed by atoms with Crippen molar-refractivity contribution in [2.75, 3.05) is 26.4 Å². The summed E-state index contributed by atoms with van der Waals surface area (Å²) < 4.78 is 11.2. The average Bonchev–Trinajstić information content (AvgIpc) is 2.25. The molecule has 0 atom stereocenters. The van der Waals surface area contributed by atoms with Crippen LogP contribution in [0.2, 0.25) is 0 Å². The molecule has 0 bridgehead atoms. The van der Waals surface area contributed by atoms with Gasteiger partial charge in [0.15, 0.2) is 0 Å². The molecule has 2 aliphatic rings. The molecule has 1 spiro atoms. The summed E-state index contributed by atoms with van der Waals surface area (Å²) >= 11 is 0. The van der Waals surface area contributed by atoms with E-state index in [1.807, 2.05) is 0 Å². The molecule has 1 aliphatic heterocycles. The lowest BCUT2D eigenvalue weighted by Gasteiger charge is -2.44. The third-order valence-electron chi connectivity index (χ3n) is 3.56. The van der Waals surface area contributed by atoms with Crippen molar-refractivity contribution >= 4 is 0 Å². The van der Waals surface area contributed by atoms with Crippen LogP contribution in [0.3, 0.4) is 0 Å². The second kappa shape index (κ2) is 3.77. The van der Waals surface area contributed by atoms with Gasteiger partial charge in [-0.15, -0.1) is 0 Å². The highest BCUT2D eigenvalue weighted by Crippen LogP contribution is 2.37. The van der Waals surface area contributed by atoms with Crippen molar-refractivity contribution in [3.05, 3.63) is 0 Å². The standard InChI is InChI=1S/C10H19NO3/c11-7-9(12)1-3-10(4-2-9)8-13-5-6-14-10/h12H,1-8,11H2/p+1. The van der Waals surface area contributed by atoms with E-state index in [9.17, 15) is 5.11 Å². The third kappa shape index (κ3) is 1.93. The SMILES string of the molecule is [NH3+]CC1(O)CCC2(CC1)COCCO2. The monoisotopic (exact) mass is 202 g/mol. The van der Waals surface area contributed by atoms with Gasteiger partial charge in [-0.2, -0.15) is 0 Å². The molecule has 0 radical (unpaired) electrons. The van der Waals surface area contributed by atoms with Crippen molar-refractivity contribution in [3.63, 3.8) is 0 Å². The minimum absolute atomic E-state index is 0.0976. The predicted molar refractivity (Wildman–Crippen MR) is 50.7 cm³/mol. The van der Waals surface area contributed by atoms with Crippen LogP contribution in [-0.2, 0) is 9.47 Å². The third-order valence-corrected chi connectivity index (χ3v) is 3.56. The summed E-state index contributed by atoms with van der Waals surface area (Å²) in [6.45, 7) is 2.70. The highest BCUT2D eigenvalue weighted by molar-refractivity contribution is 4.94. The fourth-order valence-electron chi connectivity index (χ4n) is 2.33. The van der Waals surface area contributed by atoms with Crippen LogP contribution in [0.4, 0.5) is 0 Å². The van der Waals surface area contributed by atoms with Gasteiger partial charge >= 0.3 is 0 Å². The lowest BCUT2D eigenvalue weighted by atomic mass is 9.76. The normalized spacial score (nSPS) is 44.1. The van der Waals surface area contributed by atoms with E-state index < -0.39 is 5.60 Å². The lowest BCUT2D eigenvalue weighted by Crippen LogP contribution is -2.64. The first-order valence-electron chi connectivity index (χ1n) is 5.42. The Balaban J connectivity index is 1.93. The van der Waals surface area contributed by atoms with Crippen LogP contribution in [0.1, 0.15) is 25.7 Å². The largest absolute Gasteiger partial charge is 0.384 e. The lowest BCUT2D eigenvalue weighted by molar-refractivity contribution is -0.404. The number of rotatable bonds is 1. The number of hydrogen-bond donors (Lipinski definition) is 2. The van der Waals surface area contributed by atoms with Crippen LogP contribution in [0.25, 0.3) is 0 Å². The number of aliphatic hydroxyl groups is 1. The van der Waals surface area contributed by atoms with Gasteiger partial charge in [-0.3, -0.25) is 0 Å². The minimum atomic E-state index is -0.550. The first kappa shape index (κ1) is 10.4. The highest BCUT2D eigenvalue weighted by Gasteiger charge is 2.44. The first-order chi connectivity index (χ1) is 6.68. The molecule has 1 saturated carbocycles. The number of quaternary nitrogens is 1. The molecule has 4 N–H and O–H groups in total. The molecule has 0 aromatic heterocycles. The van der Waals surface area contributed by atoms with Crippen LogP contribution < -0.4 is 5.73 Å². The molecule has 0 aromatic rings. The molecule has 0 aromatic carbocycles. The number of hydrogen-bond acceptors (Lipinski definition) is 3. The zero-order valence-corrected chi connectivity index (χ0v) is 8.63. The smallest absolute Gasteiger partial charge is 0.113 e. The Hall–Kier alpha value is -0.160. The Labute approximate surface area is 84.4 Å². The second-order valence-corrected chi connectivity index (χ2v) is 4.56. The average molecular weight is 202 g/mol. The van der Waals surface area contributed by atoms with E-state index in [4.69, 9.17) is 9.47 Å². The molecule has 2 rings (SSSR count). The van der Waals surface area contributed by atoms with Crippen LogP contribution >= 0.6 is 0 Å². The Morgan fingerprint density at radius 3 is 2.36 bits per heavy atom. The summed E-state index contributed by atoms with van der Waals surface area (Å²) in [7, 11) is 0. The van der Waals surface area contributed by atoms with Crippen molar-refractivity contribution in [2.45, 2.75) is 36.9 Å². The Kier molecular flexibility index (Phi) is 2.79. The summed E-state index contributed by atoms with van der Waals surface area (Å²) in [5, 5.41) is 10.0. The van der Waals surface area contributed by atoms with Gasteiger partial charge < -0.3 is 20.3 Å². The molecule has 82 valence electrons. The van der Waals surface area contributed by atoms with Gasteiger partial charge in [0.05, 0.1) is 25.4 Å². The zero-order chi connectivity index (χ0) is 10.1. The van der Waals surface area contributed by atoms with Crippen molar-refractivity contribution in [1.29, 1.82) is 0 Å². The van der Waals surface area contributed by atoms with Crippen molar-refractivity contribution < 1.29 is 20.3 Å². The van der Waals surface area contributed by atoms with Gasteiger partial charge in [0.1, 0.15) is 12.1 Å². The second-order valence-electron chi connectivity index (χ2n) is 4.56. The highest BCUT2D eigenvalue weighted by atomic mass is 16.6. The van der Waals surface area contributed by atoms with Gasteiger partial charge in [-0.25, -0.2) is 0 Å². The fourth-order valence-corrected chi connectivity index (χ4v) is 2.33. The van der Waals surface area contributed by atoms with Gasteiger partial charge in [0.2, 0.25) is 0 Å². The van der Waals surface area contributed by atoms with E-state index in [-0.39, 0.29) is 5.60 Å². The van der Waals surface area contributed by atoms with E-state index in [0.717, 1.165) is 25.7 Å².